The van der Waals surface area contributed by atoms with Crippen LogP contribution in [0.1, 0.15) is 16.0 Å². The molecule has 1 heterocycles. The van der Waals surface area contributed by atoms with E-state index in [-0.39, 0.29) is 22.4 Å². The minimum Gasteiger partial charge on any atom is -0.391 e. The fourth-order valence-electron chi connectivity index (χ4n) is 1.68. The van der Waals surface area contributed by atoms with Crippen LogP contribution < -0.4 is 4.72 Å². The highest BCUT2D eigenvalue weighted by Gasteiger charge is 2.18. The van der Waals surface area contributed by atoms with Gasteiger partial charge in [0.1, 0.15) is 10.0 Å². The number of aliphatic hydroxyl groups is 1. The van der Waals surface area contributed by atoms with Gasteiger partial charge in [-0.3, -0.25) is 0 Å². The summed E-state index contributed by atoms with van der Waals surface area (Å²) in [5.74, 6) is -0.551. The highest BCUT2D eigenvalue weighted by molar-refractivity contribution is 7.91. The molecule has 2 rings (SSSR count). The van der Waals surface area contributed by atoms with Crippen LogP contribution in [0.4, 0.5) is 4.39 Å². The van der Waals surface area contributed by atoms with Gasteiger partial charge in [0.25, 0.3) is 0 Å². The van der Waals surface area contributed by atoms with Crippen molar-refractivity contribution in [2.75, 3.05) is 0 Å². The molecule has 0 bridgehead atoms. The minimum atomic E-state index is -3.67. The van der Waals surface area contributed by atoms with Crippen molar-refractivity contribution in [3.63, 3.8) is 0 Å². The topological polar surface area (TPSA) is 66.4 Å². The van der Waals surface area contributed by atoms with Gasteiger partial charge in [-0.05, 0) is 36.2 Å². The van der Waals surface area contributed by atoms with Crippen molar-refractivity contribution >= 4 is 33.0 Å². The smallest absolute Gasteiger partial charge is 0.250 e. The molecule has 2 N–H and O–H groups in total. The van der Waals surface area contributed by atoms with Gasteiger partial charge >= 0.3 is 0 Å². The monoisotopic (exact) mass is 349 g/mol. The Morgan fingerprint density at radius 3 is 2.67 bits per heavy atom. The fraction of sp³-hybridized carbons (Fsp3) is 0.231. The van der Waals surface area contributed by atoms with Gasteiger partial charge in [-0.25, -0.2) is 17.5 Å². The van der Waals surface area contributed by atoms with Crippen molar-refractivity contribution in [3.8, 4) is 0 Å². The number of thiophene rings is 1. The Morgan fingerprint density at radius 1 is 1.38 bits per heavy atom. The largest absolute Gasteiger partial charge is 0.391 e. The van der Waals surface area contributed by atoms with E-state index in [1.54, 1.807) is 6.92 Å². The summed E-state index contributed by atoms with van der Waals surface area (Å²) in [5.41, 5.74) is 1.29. The van der Waals surface area contributed by atoms with Crippen molar-refractivity contribution < 1.29 is 17.9 Å². The molecule has 0 aliphatic carbocycles. The number of sulfonamides is 1. The van der Waals surface area contributed by atoms with Crippen molar-refractivity contribution in [2.45, 2.75) is 24.3 Å². The van der Waals surface area contributed by atoms with Gasteiger partial charge in [0.2, 0.25) is 10.0 Å². The third kappa shape index (κ3) is 3.81. The predicted molar refractivity (Wildman–Crippen MR) is 80.4 cm³/mol. The molecule has 21 heavy (non-hydrogen) atoms. The second kappa shape index (κ2) is 6.41. The number of aliphatic hydroxyl groups excluding tert-OH is 1. The number of rotatable bonds is 5. The molecular formula is C13H13ClFNO3S2. The van der Waals surface area contributed by atoms with E-state index in [0.717, 1.165) is 16.9 Å². The fourth-order valence-corrected chi connectivity index (χ4v) is 4.39. The molecule has 0 fully saturated rings. The third-order valence-electron chi connectivity index (χ3n) is 2.86. The molecule has 0 amide bonds. The van der Waals surface area contributed by atoms with Gasteiger partial charge in [0.05, 0.1) is 11.6 Å². The van der Waals surface area contributed by atoms with E-state index in [1.807, 2.05) is 0 Å². The molecule has 0 saturated heterocycles. The number of nitrogens with one attached hydrogen (secondary N) is 1. The van der Waals surface area contributed by atoms with Gasteiger partial charge in [-0.2, -0.15) is 0 Å². The molecule has 4 nitrogen and oxygen atoms in total. The lowest BCUT2D eigenvalue weighted by molar-refractivity contribution is 0.285. The number of halogens is 2. The number of hydrogen-bond donors (Lipinski definition) is 2. The van der Waals surface area contributed by atoms with Gasteiger partial charge < -0.3 is 5.11 Å². The Hall–Kier alpha value is -0.990. The molecule has 1 aromatic heterocycles. The maximum absolute atomic E-state index is 13.0. The summed E-state index contributed by atoms with van der Waals surface area (Å²) in [7, 11) is -3.67. The molecule has 2 aromatic rings. The van der Waals surface area contributed by atoms with Crippen LogP contribution >= 0.6 is 22.9 Å². The van der Waals surface area contributed by atoms with Gasteiger partial charge in [0.15, 0.2) is 0 Å². The number of benzene rings is 1. The van der Waals surface area contributed by atoms with Crippen LogP contribution in [0, 0.1) is 12.7 Å². The zero-order valence-corrected chi connectivity index (χ0v) is 13.4. The van der Waals surface area contributed by atoms with E-state index in [4.69, 9.17) is 16.7 Å². The molecule has 8 heteroatoms. The molecule has 0 aliphatic rings. The van der Waals surface area contributed by atoms with Crippen LogP contribution in [0.2, 0.25) is 5.02 Å². The average Bonchev–Trinajstić information content (AvgIpc) is 2.82. The molecule has 0 saturated carbocycles. The summed E-state index contributed by atoms with van der Waals surface area (Å²) in [6.07, 6.45) is 0. The van der Waals surface area contributed by atoms with Crippen molar-refractivity contribution in [1.82, 2.24) is 4.72 Å². The minimum absolute atomic E-state index is 0.00768. The molecule has 0 spiro atoms. The summed E-state index contributed by atoms with van der Waals surface area (Å²) in [4.78, 5) is 0.611. The van der Waals surface area contributed by atoms with E-state index < -0.39 is 15.8 Å². The Kier molecular flexibility index (Phi) is 5.00. The summed E-state index contributed by atoms with van der Waals surface area (Å²) in [6.45, 7) is 1.55. The second-order valence-electron chi connectivity index (χ2n) is 4.40. The highest BCUT2D eigenvalue weighted by Crippen LogP contribution is 2.26. The van der Waals surface area contributed by atoms with Crippen molar-refractivity contribution in [3.05, 3.63) is 51.1 Å². The lowest BCUT2D eigenvalue weighted by atomic mass is 10.2. The van der Waals surface area contributed by atoms with Crippen LogP contribution in [0.15, 0.2) is 28.5 Å². The first-order valence-electron chi connectivity index (χ1n) is 5.97. The molecule has 0 radical (unpaired) electrons. The normalized spacial score (nSPS) is 11.8. The molecule has 0 atom stereocenters. The van der Waals surface area contributed by atoms with Crippen LogP contribution in [-0.4, -0.2) is 13.5 Å². The summed E-state index contributed by atoms with van der Waals surface area (Å²) >= 11 is 6.67. The van der Waals surface area contributed by atoms with Crippen LogP contribution in [-0.2, 0) is 23.2 Å². The zero-order chi connectivity index (χ0) is 15.6. The Morgan fingerprint density at radius 2 is 2.10 bits per heavy atom. The molecule has 0 aliphatic heterocycles. The number of aryl methyl sites for hydroxylation is 1. The van der Waals surface area contributed by atoms with Crippen LogP contribution in [0.3, 0.4) is 0 Å². The average molecular weight is 350 g/mol. The zero-order valence-electron chi connectivity index (χ0n) is 11.1. The Bertz CT molecular complexity index is 759. The highest BCUT2D eigenvalue weighted by atomic mass is 35.5. The summed E-state index contributed by atoms with van der Waals surface area (Å²) in [5, 5.41) is 9.05. The van der Waals surface area contributed by atoms with E-state index in [0.29, 0.717) is 10.4 Å². The predicted octanol–water partition coefficient (Wildman–Crippen LogP) is 2.82. The standard InChI is InChI=1S/C13H13ClFNO3S2/c1-8-4-13(20-12(8)7-17)21(18,19)16-6-9-2-3-11(15)10(14)5-9/h2-5,16-17H,6-7H2,1H3. The molecule has 1 aromatic carbocycles. The van der Waals surface area contributed by atoms with Gasteiger partial charge in [-0.15, -0.1) is 11.3 Å². The van der Waals surface area contributed by atoms with Crippen LogP contribution in [0.5, 0.6) is 0 Å². The van der Waals surface area contributed by atoms with E-state index in [2.05, 4.69) is 4.72 Å². The van der Waals surface area contributed by atoms with Crippen molar-refractivity contribution in [2.24, 2.45) is 0 Å². The Balaban J connectivity index is 2.15. The quantitative estimate of drug-likeness (QED) is 0.872. The second-order valence-corrected chi connectivity index (χ2v) is 7.94. The first-order valence-corrected chi connectivity index (χ1v) is 8.65. The molecule has 0 unspecified atom stereocenters. The van der Waals surface area contributed by atoms with Gasteiger partial charge in [-0.1, -0.05) is 17.7 Å². The lowest BCUT2D eigenvalue weighted by Crippen LogP contribution is -2.22. The summed E-state index contributed by atoms with van der Waals surface area (Å²) < 4.78 is 39.9. The first kappa shape index (κ1) is 16.4. The third-order valence-corrected chi connectivity index (χ3v) is 6.24. The first-order chi connectivity index (χ1) is 9.83. The maximum Gasteiger partial charge on any atom is 0.250 e. The molecule has 114 valence electrons. The van der Waals surface area contributed by atoms with E-state index in [1.165, 1.54) is 24.3 Å². The van der Waals surface area contributed by atoms with Gasteiger partial charge in [0, 0.05) is 11.4 Å². The lowest BCUT2D eigenvalue weighted by Gasteiger charge is -2.05. The number of hydrogen-bond acceptors (Lipinski definition) is 4. The van der Waals surface area contributed by atoms with Crippen molar-refractivity contribution in [1.29, 1.82) is 0 Å². The molecular weight excluding hydrogens is 337 g/mol. The Labute approximate surface area is 131 Å². The maximum atomic E-state index is 13.0. The van der Waals surface area contributed by atoms with E-state index in [9.17, 15) is 12.8 Å². The summed E-state index contributed by atoms with van der Waals surface area (Å²) in [6, 6.07) is 5.53. The van der Waals surface area contributed by atoms with E-state index >= 15 is 0 Å². The van der Waals surface area contributed by atoms with Crippen LogP contribution in [0.25, 0.3) is 0 Å². The SMILES string of the molecule is Cc1cc(S(=O)(=O)NCc2ccc(F)c(Cl)c2)sc1CO.